The Balaban J connectivity index is 1.54. The first-order chi connectivity index (χ1) is 12.2. The minimum atomic E-state index is -0.140. The lowest BCUT2D eigenvalue weighted by atomic mass is 10.1. The number of methoxy groups -OCH3 is 2. The molecule has 0 unspecified atom stereocenters. The topological polar surface area (TPSA) is 66.0 Å². The highest BCUT2D eigenvalue weighted by atomic mass is 16.6. The maximum atomic E-state index is 12.2. The monoisotopic (exact) mass is 343 g/mol. The Morgan fingerprint density at radius 3 is 2.72 bits per heavy atom. The van der Waals surface area contributed by atoms with E-state index in [0.717, 1.165) is 11.5 Å². The van der Waals surface area contributed by atoms with Crippen LogP contribution in [0.3, 0.4) is 0 Å². The van der Waals surface area contributed by atoms with E-state index in [1.165, 1.54) is 0 Å². The fraction of sp³-hybridized carbons (Fsp3) is 0.316. The van der Waals surface area contributed by atoms with E-state index in [0.29, 0.717) is 36.6 Å². The summed E-state index contributed by atoms with van der Waals surface area (Å²) in [7, 11) is 3.13. The molecule has 1 atom stereocenters. The third kappa shape index (κ3) is 4.15. The summed E-state index contributed by atoms with van der Waals surface area (Å²) >= 11 is 0. The number of amides is 1. The molecule has 2 aromatic carbocycles. The summed E-state index contributed by atoms with van der Waals surface area (Å²) < 4.78 is 22.0. The van der Waals surface area contributed by atoms with Gasteiger partial charge < -0.3 is 24.3 Å². The Bertz CT molecular complexity index is 746. The van der Waals surface area contributed by atoms with E-state index in [4.69, 9.17) is 18.9 Å². The van der Waals surface area contributed by atoms with E-state index in [2.05, 4.69) is 5.32 Å². The Morgan fingerprint density at radius 1 is 1.16 bits per heavy atom. The van der Waals surface area contributed by atoms with Crippen molar-refractivity contribution < 1.29 is 23.7 Å². The summed E-state index contributed by atoms with van der Waals surface area (Å²) in [5.41, 5.74) is 0.611. The SMILES string of the molecule is COc1ccc(NC(=O)CC[C@H]2COc3ccccc3O2)c(OC)c1. The van der Waals surface area contributed by atoms with Crippen molar-refractivity contribution in [3.63, 3.8) is 0 Å². The van der Waals surface area contributed by atoms with E-state index in [-0.39, 0.29) is 12.0 Å². The number of fused-ring (bicyclic) bond motifs is 1. The molecule has 0 radical (unpaired) electrons. The highest BCUT2D eigenvalue weighted by molar-refractivity contribution is 5.92. The van der Waals surface area contributed by atoms with Crippen molar-refractivity contribution in [2.24, 2.45) is 0 Å². The molecule has 0 saturated carbocycles. The van der Waals surface area contributed by atoms with Gasteiger partial charge in [0.15, 0.2) is 11.5 Å². The molecule has 0 aliphatic carbocycles. The second-order valence-corrected chi connectivity index (χ2v) is 5.65. The van der Waals surface area contributed by atoms with Gasteiger partial charge in [-0.25, -0.2) is 0 Å². The highest BCUT2D eigenvalue weighted by Gasteiger charge is 2.21. The third-order valence-electron chi connectivity index (χ3n) is 3.94. The van der Waals surface area contributed by atoms with Crippen LogP contribution in [-0.4, -0.2) is 32.8 Å². The number of anilines is 1. The van der Waals surface area contributed by atoms with Crippen LogP contribution in [0.2, 0.25) is 0 Å². The van der Waals surface area contributed by atoms with Gasteiger partial charge in [-0.1, -0.05) is 12.1 Å². The molecule has 132 valence electrons. The number of carbonyl (C=O) groups is 1. The summed E-state index contributed by atoms with van der Waals surface area (Å²) in [5.74, 6) is 2.58. The smallest absolute Gasteiger partial charge is 0.224 e. The van der Waals surface area contributed by atoms with E-state index < -0.39 is 0 Å². The van der Waals surface area contributed by atoms with Crippen LogP contribution < -0.4 is 24.3 Å². The molecular formula is C19H21NO5. The molecule has 0 bridgehead atoms. The van der Waals surface area contributed by atoms with Crippen LogP contribution in [0.15, 0.2) is 42.5 Å². The minimum Gasteiger partial charge on any atom is -0.497 e. The zero-order valence-electron chi connectivity index (χ0n) is 14.3. The average Bonchev–Trinajstić information content (AvgIpc) is 2.66. The third-order valence-corrected chi connectivity index (χ3v) is 3.94. The van der Waals surface area contributed by atoms with Gasteiger partial charge in [0.25, 0.3) is 0 Å². The largest absolute Gasteiger partial charge is 0.497 e. The number of carbonyl (C=O) groups excluding carboxylic acids is 1. The summed E-state index contributed by atoms with van der Waals surface area (Å²) in [4.78, 5) is 12.2. The number of nitrogens with one attached hydrogen (secondary N) is 1. The molecule has 0 spiro atoms. The van der Waals surface area contributed by atoms with Crippen molar-refractivity contribution in [3.8, 4) is 23.0 Å². The first-order valence-electron chi connectivity index (χ1n) is 8.10. The summed E-state index contributed by atoms with van der Waals surface area (Å²) in [6.45, 7) is 0.441. The average molecular weight is 343 g/mol. The molecule has 2 aromatic rings. The van der Waals surface area contributed by atoms with Crippen molar-refractivity contribution in [3.05, 3.63) is 42.5 Å². The van der Waals surface area contributed by atoms with Crippen molar-refractivity contribution in [1.82, 2.24) is 0 Å². The standard InChI is InChI=1S/C19H21NO5/c1-22-13-7-9-15(18(11-13)23-2)20-19(21)10-8-14-12-24-16-5-3-4-6-17(16)25-14/h3-7,9,11,14H,8,10,12H2,1-2H3,(H,20,21)/t14-/m0/s1. The van der Waals surface area contributed by atoms with Gasteiger partial charge in [0.05, 0.1) is 19.9 Å². The molecule has 0 saturated heterocycles. The maximum Gasteiger partial charge on any atom is 0.224 e. The molecule has 6 nitrogen and oxygen atoms in total. The molecule has 1 amide bonds. The lowest BCUT2D eigenvalue weighted by Crippen LogP contribution is -2.30. The number of rotatable bonds is 6. The quantitative estimate of drug-likeness (QED) is 0.872. The fourth-order valence-electron chi connectivity index (χ4n) is 2.61. The van der Waals surface area contributed by atoms with Gasteiger partial charge in [-0.05, 0) is 30.7 Å². The van der Waals surface area contributed by atoms with Crippen molar-refractivity contribution in [2.45, 2.75) is 18.9 Å². The van der Waals surface area contributed by atoms with Gasteiger partial charge in [0, 0.05) is 12.5 Å². The maximum absolute atomic E-state index is 12.2. The second kappa shape index (κ2) is 7.79. The molecule has 0 fully saturated rings. The van der Waals surface area contributed by atoms with Gasteiger partial charge in [0.1, 0.15) is 24.2 Å². The zero-order chi connectivity index (χ0) is 17.6. The summed E-state index contributed by atoms with van der Waals surface area (Å²) in [6, 6.07) is 12.8. The van der Waals surface area contributed by atoms with Gasteiger partial charge in [-0.2, -0.15) is 0 Å². The molecule has 1 heterocycles. The number of hydrogen-bond donors (Lipinski definition) is 1. The lowest BCUT2D eigenvalue weighted by Gasteiger charge is -2.26. The summed E-state index contributed by atoms with van der Waals surface area (Å²) in [6.07, 6.45) is 0.753. The second-order valence-electron chi connectivity index (χ2n) is 5.65. The van der Waals surface area contributed by atoms with Crippen LogP contribution in [0.25, 0.3) is 0 Å². The molecule has 0 aromatic heterocycles. The van der Waals surface area contributed by atoms with E-state index in [1.54, 1.807) is 32.4 Å². The Morgan fingerprint density at radius 2 is 1.96 bits per heavy atom. The van der Waals surface area contributed by atoms with Crippen molar-refractivity contribution >= 4 is 11.6 Å². The van der Waals surface area contributed by atoms with Gasteiger partial charge in [-0.3, -0.25) is 4.79 Å². The zero-order valence-corrected chi connectivity index (χ0v) is 14.3. The van der Waals surface area contributed by atoms with Gasteiger partial charge >= 0.3 is 0 Å². The molecule has 3 rings (SSSR count). The predicted molar refractivity (Wildman–Crippen MR) is 93.8 cm³/mol. The van der Waals surface area contributed by atoms with Crippen LogP contribution in [0.4, 0.5) is 5.69 Å². The molecule has 6 heteroatoms. The first-order valence-corrected chi connectivity index (χ1v) is 8.10. The van der Waals surface area contributed by atoms with Crippen molar-refractivity contribution in [1.29, 1.82) is 0 Å². The fourth-order valence-corrected chi connectivity index (χ4v) is 2.61. The molecule has 1 aliphatic rings. The van der Waals surface area contributed by atoms with Crippen LogP contribution in [0.1, 0.15) is 12.8 Å². The Hall–Kier alpha value is -2.89. The normalized spacial score (nSPS) is 15.4. The summed E-state index contributed by atoms with van der Waals surface area (Å²) in [5, 5.41) is 2.86. The Labute approximate surface area is 146 Å². The highest BCUT2D eigenvalue weighted by Crippen LogP contribution is 2.32. The Kier molecular flexibility index (Phi) is 5.28. The van der Waals surface area contributed by atoms with Crippen LogP contribution in [0.5, 0.6) is 23.0 Å². The van der Waals surface area contributed by atoms with E-state index >= 15 is 0 Å². The number of para-hydroxylation sites is 2. The number of ether oxygens (including phenoxy) is 4. The van der Waals surface area contributed by atoms with Crippen LogP contribution in [0, 0.1) is 0 Å². The van der Waals surface area contributed by atoms with Crippen LogP contribution in [-0.2, 0) is 4.79 Å². The molecule has 1 aliphatic heterocycles. The molecule has 25 heavy (non-hydrogen) atoms. The first kappa shape index (κ1) is 17.0. The van der Waals surface area contributed by atoms with Gasteiger partial charge in [-0.15, -0.1) is 0 Å². The van der Waals surface area contributed by atoms with Crippen molar-refractivity contribution in [2.75, 3.05) is 26.1 Å². The van der Waals surface area contributed by atoms with Crippen LogP contribution >= 0.6 is 0 Å². The minimum absolute atomic E-state index is 0.106. The molecular weight excluding hydrogens is 322 g/mol. The van der Waals surface area contributed by atoms with Gasteiger partial charge in [0.2, 0.25) is 5.91 Å². The molecule has 1 N–H and O–H groups in total. The number of benzene rings is 2. The predicted octanol–water partition coefficient (Wildman–Crippen LogP) is 3.26. The number of hydrogen-bond acceptors (Lipinski definition) is 5. The van der Waals surface area contributed by atoms with E-state index in [9.17, 15) is 4.79 Å². The van der Waals surface area contributed by atoms with E-state index in [1.807, 2.05) is 24.3 Å². The lowest BCUT2D eigenvalue weighted by molar-refractivity contribution is -0.116.